The van der Waals surface area contributed by atoms with Crippen LogP contribution in [0.2, 0.25) is 0 Å². The van der Waals surface area contributed by atoms with E-state index < -0.39 is 0 Å². The number of nitrogens with one attached hydrogen (secondary N) is 1. The van der Waals surface area contributed by atoms with E-state index in [9.17, 15) is 4.79 Å². The summed E-state index contributed by atoms with van der Waals surface area (Å²) in [6.45, 7) is 1.07. The van der Waals surface area contributed by atoms with Crippen molar-refractivity contribution in [2.75, 3.05) is 0 Å². The molecule has 0 aliphatic carbocycles. The number of benzene rings is 2. The molecule has 0 fully saturated rings. The van der Waals surface area contributed by atoms with Crippen LogP contribution in [0, 0.1) is 0 Å². The lowest BCUT2D eigenvalue weighted by Crippen LogP contribution is -2.24. The van der Waals surface area contributed by atoms with E-state index in [1.807, 2.05) is 36.4 Å². The van der Waals surface area contributed by atoms with Crippen molar-refractivity contribution in [2.24, 2.45) is 0 Å². The zero-order valence-electron chi connectivity index (χ0n) is 14.2. The molecule has 0 radical (unpaired) electrons. The molecule has 0 aliphatic heterocycles. The number of hydrogen-bond acceptors (Lipinski definition) is 3. The SMILES string of the molecule is O=C(NCc1nc2ccccc2n1Cc1ccccc1)c1ccncc1. The van der Waals surface area contributed by atoms with E-state index >= 15 is 0 Å². The fraction of sp³-hybridized carbons (Fsp3) is 0.0952. The van der Waals surface area contributed by atoms with Crippen molar-refractivity contribution in [3.05, 3.63) is 96.1 Å². The third kappa shape index (κ3) is 3.32. The Balaban J connectivity index is 1.62. The molecule has 2 aromatic heterocycles. The summed E-state index contributed by atoms with van der Waals surface area (Å²) in [6, 6.07) is 21.7. The summed E-state index contributed by atoms with van der Waals surface area (Å²) >= 11 is 0. The van der Waals surface area contributed by atoms with Crippen LogP contribution in [0.4, 0.5) is 0 Å². The minimum Gasteiger partial charge on any atom is -0.345 e. The van der Waals surface area contributed by atoms with Crippen LogP contribution >= 0.6 is 0 Å². The maximum Gasteiger partial charge on any atom is 0.251 e. The molecule has 2 aromatic carbocycles. The van der Waals surface area contributed by atoms with Crippen molar-refractivity contribution < 1.29 is 4.79 Å². The molecule has 0 saturated carbocycles. The Hall–Kier alpha value is -3.47. The Morgan fingerprint density at radius 2 is 1.65 bits per heavy atom. The third-order valence-electron chi connectivity index (χ3n) is 4.27. The van der Waals surface area contributed by atoms with Crippen LogP contribution in [0.5, 0.6) is 0 Å². The Morgan fingerprint density at radius 3 is 2.46 bits per heavy atom. The number of pyridine rings is 1. The van der Waals surface area contributed by atoms with Gasteiger partial charge in [0.15, 0.2) is 0 Å². The molecule has 1 N–H and O–H groups in total. The number of aromatic nitrogens is 3. The molecule has 0 spiro atoms. The molecular weight excluding hydrogens is 324 g/mol. The minimum atomic E-state index is -0.134. The monoisotopic (exact) mass is 342 g/mol. The number of carbonyl (C=O) groups excluding carboxylic acids is 1. The summed E-state index contributed by atoms with van der Waals surface area (Å²) in [7, 11) is 0. The summed E-state index contributed by atoms with van der Waals surface area (Å²) in [6.07, 6.45) is 3.22. The number of rotatable bonds is 5. The number of para-hydroxylation sites is 2. The molecule has 0 bridgehead atoms. The molecule has 5 nitrogen and oxygen atoms in total. The Labute approximate surface area is 151 Å². The van der Waals surface area contributed by atoms with E-state index in [1.165, 1.54) is 5.56 Å². The molecule has 128 valence electrons. The second-order valence-electron chi connectivity index (χ2n) is 6.01. The first-order chi connectivity index (χ1) is 12.8. The zero-order valence-corrected chi connectivity index (χ0v) is 14.2. The van der Waals surface area contributed by atoms with Gasteiger partial charge in [-0.3, -0.25) is 9.78 Å². The van der Waals surface area contributed by atoms with Crippen molar-refractivity contribution in [1.29, 1.82) is 0 Å². The maximum atomic E-state index is 12.3. The molecule has 4 rings (SSSR count). The Kier molecular flexibility index (Phi) is 4.43. The number of amides is 1. The zero-order chi connectivity index (χ0) is 17.8. The van der Waals surface area contributed by atoms with Crippen LogP contribution in [0.15, 0.2) is 79.1 Å². The summed E-state index contributed by atoms with van der Waals surface area (Å²) < 4.78 is 2.15. The number of nitrogens with zero attached hydrogens (tertiary/aromatic N) is 3. The maximum absolute atomic E-state index is 12.3. The fourth-order valence-corrected chi connectivity index (χ4v) is 2.97. The second-order valence-corrected chi connectivity index (χ2v) is 6.01. The highest BCUT2D eigenvalue weighted by Gasteiger charge is 2.12. The summed E-state index contributed by atoms with van der Waals surface area (Å²) in [4.78, 5) is 21.0. The first kappa shape index (κ1) is 16.0. The summed E-state index contributed by atoms with van der Waals surface area (Å²) in [5.74, 6) is 0.697. The number of imidazole rings is 1. The van der Waals surface area contributed by atoms with Crippen LogP contribution in [0.1, 0.15) is 21.7 Å². The second kappa shape index (κ2) is 7.19. The predicted molar refractivity (Wildman–Crippen MR) is 101 cm³/mol. The van der Waals surface area contributed by atoms with Crippen LogP contribution < -0.4 is 5.32 Å². The normalized spacial score (nSPS) is 10.8. The first-order valence-electron chi connectivity index (χ1n) is 8.47. The van der Waals surface area contributed by atoms with E-state index in [0.29, 0.717) is 18.7 Å². The van der Waals surface area contributed by atoms with Crippen molar-refractivity contribution >= 4 is 16.9 Å². The number of hydrogen-bond donors (Lipinski definition) is 1. The third-order valence-corrected chi connectivity index (χ3v) is 4.27. The van der Waals surface area contributed by atoms with Gasteiger partial charge in [0, 0.05) is 24.5 Å². The predicted octanol–water partition coefficient (Wildman–Crippen LogP) is 3.41. The first-order valence-corrected chi connectivity index (χ1v) is 8.47. The summed E-state index contributed by atoms with van der Waals surface area (Å²) in [5.41, 5.74) is 3.77. The van der Waals surface area contributed by atoms with Gasteiger partial charge in [0.05, 0.1) is 17.6 Å². The van der Waals surface area contributed by atoms with E-state index in [-0.39, 0.29) is 5.91 Å². The minimum absolute atomic E-state index is 0.134. The van der Waals surface area contributed by atoms with Crippen molar-refractivity contribution in [3.8, 4) is 0 Å². The molecule has 26 heavy (non-hydrogen) atoms. The van der Waals surface area contributed by atoms with Gasteiger partial charge in [0.2, 0.25) is 0 Å². The molecule has 2 heterocycles. The van der Waals surface area contributed by atoms with Gasteiger partial charge < -0.3 is 9.88 Å². The molecule has 0 atom stereocenters. The van der Waals surface area contributed by atoms with E-state index in [4.69, 9.17) is 4.98 Å². The van der Waals surface area contributed by atoms with Gasteiger partial charge in [-0.15, -0.1) is 0 Å². The van der Waals surface area contributed by atoms with Crippen LogP contribution in [0.25, 0.3) is 11.0 Å². The van der Waals surface area contributed by atoms with E-state index in [0.717, 1.165) is 16.9 Å². The lowest BCUT2D eigenvalue weighted by molar-refractivity contribution is 0.0949. The van der Waals surface area contributed by atoms with Crippen LogP contribution in [0.3, 0.4) is 0 Å². The largest absolute Gasteiger partial charge is 0.345 e. The van der Waals surface area contributed by atoms with E-state index in [1.54, 1.807) is 24.5 Å². The van der Waals surface area contributed by atoms with Crippen molar-refractivity contribution in [1.82, 2.24) is 19.9 Å². The number of carbonyl (C=O) groups is 1. The van der Waals surface area contributed by atoms with Gasteiger partial charge in [0.25, 0.3) is 5.91 Å². The fourth-order valence-electron chi connectivity index (χ4n) is 2.97. The highest BCUT2D eigenvalue weighted by Crippen LogP contribution is 2.18. The van der Waals surface area contributed by atoms with Gasteiger partial charge in [-0.05, 0) is 29.8 Å². The van der Waals surface area contributed by atoms with E-state index in [2.05, 4.69) is 33.1 Å². The topological polar surface area (TPSA) is 59.8 Å². The Bertz CT molecular complexity index is 1030. The average Bonchev–Trinajstić information content (AvgIpc) is 3.05. The summed E-state index contributed by atoms with van der Waals surface area (Å²) in [5, 5.41) is 2.95. The van der Waals surface area contributed by atoms with Crippen LogP contribution in [-0.2, 0) is 13.1 Å². The highest BCUT2D eigenvalue weighted by molar-refractivity contribution is 5.93. The average molecular weight is 342 g/mol. The van der Waals surface area contributed by atoms with Gasteiger partial charge in [0.1, 0.15) is 5.82 Å². The molecule has 0 saturated heterocycles. The molecular formula is C21H18N4O. The molecule has 4 aromatic rings. The van der Waals surface area contributed by atoms with Gasteiger partial charge >= 0.3 is 0 Å². The van der Waals surface area contributed by atoms with Crippen molar-refractivity contribution in [3.63, 3.8) is 0 Å². The van der Waals surface area contributed by atoms with Gasteiger partial charge in [-0.25, -0.2) is 4.98 Å². The molecule has 0 unspecified atom stereocenters. The highest BCUT2D eigenvalue weighted by atomic mass is 16.1. The standard InChI is InChI=1S/C21H18N4O/c26-21(17-10-12-22-13-11-17)23-14-20-24-18-8-4-5-9-19(18)25(20)15-16-6-2-1-3-7-16/h1-13H,14-15H2,(H,23,26). The van der Waals surface area contributed by atoms with Gasteiger partial charge in [-0.1, -0.05) is 42.5 Å². The lowest BCUT2D eigenvalue weighted by Gasteiger charge is -2.10. The smallest absolute Gasteiger partial charge is 0.251 e. The van der Waals surface area contributed by atoms with Crippen LogP contribution in [-0.4, -0.2) is 20.4 Å². The molecule has 1 amide bonds. The molecule has 5 heteroatoms. The Morgan fingerprint density at radius 1 is 0.923 bits per heavy atom. The quantitative estimate of drug-likeness (QED) is 0.605. The number of fused-ring (bicyclic) bond motifs is 1. The lowest BCUT2D eigenvalue weighted by atomic mass is 10.2. The molecule has 0 aliphatic rings. The van der Waals surface area contributed by atoms with Crippen molar-refractivity contribution in [2.45, 2.75) is 13.1 Å². The van der Waals surface area contributed by atoms with Gasteiger partial charge in [-0.2, -0.15) is 0 Å².